The number of rotatable bonds is 6. The summed E-state index contributed by atoms with van der Waals surface area (Å²) in [5, 5.41) is 5.38. The molecule has 1 unspecified atom stereocenters. The summed E-state index contributed by atoms with van der Waals surface area (Å²) < 4.78 is 32.4. The van der Waals surface area contributed by atoms with Gasteiger partial charge in [0.1, 0.15) is 6.23 Å². The molecule has 1 heterocycles. The fourth-order valence-corrected chi connectivity index (χ4v) is 4.66. The minimum absolute atomic E-state index is 0.0970. The second-order valence-electron chi connectivity index (χ2n) is 6.74. The molecule has 1 fully saturated rings. The topological polar surface area (TPSA) is 105 Å². The standard InChI is InChI=1S/C20H22ClN3O5S/c1-14-6-8-16(9-7-14)30(27,28)24-10-11-29-18(24)13-23-20(26)19(25)22-12-15-4-2-3-5-17(15)21/h2-9,18H,10-13H2,1H3,(H,22,25)(H,23,26). The van der Waals surface area contributed by atoms with Gasteiger partial charge in [-0.25, -0.2) is 8.42 Å². The van der Waals surface area contributed by atoms with Gasteiger partial charge in [0.2, 0.25) is 10.0 Å². The first-order valence-corrected chi connectivity index (χ1v) is 11.1. The molecular weight excluding hydrogens is 430 g/mol. The maximum atomic E-state index is 12.9. The van der Waals surface area contributed by atoms with E-state index in [4.69, 9.17) is 16.3 Å². The number of nitrogens with zero attached hydrogens (tertiary/aromatic N) is 1. The molecule has 160 valence electrons. The Hall–Kier alpha value is -2.46. The van der Waals surface area contributed by atoms with Crippen LogP contribution in [0.15, 0.2) is 53.4 Å². The van der Waals surface area contributed by atoms with E-state index >= 15 is 0 Å². The average molecular weight is 452 g/mol. The lowest BCUT2D eigenvalue weighted by Crippen LogP contribution is -2.47. The third-order valence-corrected chi connectivity index (χ3v) is 6.88. The average Bonchev–Trinajstić information content (AvgIpc) is 3.21. The fraction of sp³-hybridized carbons (Fsp3) is 0.300. The molecule has 0 aliphatic carbocycles. The third kappa shape index (κ3) is 5.17. The highest BCUT2D eigenvalue weighted by Gasteiger charge is 2.36. The Bertz CT molecular complexity index is 1030. The molecule has 0 radical (unpaired) electrons. The molecule has 1 aliphatic heterocycles. The molecule has 30 heavy (non-hydrogen) atoms. The number of hydrogen-bond acceptors (Lipinski definition) is 5. The van der Waals surface area contributed by atoms with Crippen LogP contribution in [0.3, 0.4) is 0 Å². The zero-order chi connectivity index (χ0) is 21.7. The molecule has 0 aromatic heterocycles. The molecule has 10 heteroatoms. The summed E-state index contributed by atoms with van der Waals surface area (Å²) in [5.41, 5.74) is 1.62. The van der Waals surface area contributed by atoms with E-state index in [0.29, 0.717) is 10.6 Å². The van der Waals surface area contributed by atoms with E-state index in [2.05, 4.69) is 10.6 Å². The number of aryl methyl sites for hydroxylation is 1. The second-order valence-corrected chi connectivity index (χ2v) is 9.04. The molecule has 0 spiro atoms. The van der Waals surface area contributed by atoms with Crippen LogP contribution >= 0.6 is 11.6 Å². The second kappa shape index (κ2) is 9.57. The van der Waals surface area contributed by atoms with Crippen molar-refractivity contribution in [2.45, 2.75) is 24.6 Å². The Kier molecular flexibility index (Phi) is 7.09. The van der Waals surface area contributed by atoms with Crippen molar-refractivity contribution in [1.29, 1.82) is 0 Å². The van der Waals surface area contributed by atoms with E-state index in [0.717, 1.165) is 5.56 Å². The Morgan fingerprint density at radius 3 is 2.47 bits per heavy atom. The molecule has 0 saturated carbocycles. The monoisotopic (exact) mass is 451 g/mol. The zero-order valence-electron chi connectivity index (χ0n) is 16.3. The molecule has 2 aromatic carbocycles. The van der Waals surface area contributed by atoms with Gasteiger partial charge in [0, 0.05) is 18.1 Å². The smallest absolute Gasteiger partial charge is 0.309 e. The van der Waals surface area contributed by atoms with E-state index < -0.39 is 28.1 Å². The quantitative estimate of drug-likeness (QED) is 0.646. The molecule has 8 nitrogen and oxygen atoms in total. The van der Waals surface area contributed by atoms with E-state index in [-0.39, 0.29) is 31.1 Å². The summed E-state index contributed by atoms with van der Waals surface area (Å²) in [4.78, 5) is 24.3. The first-order chi connectivity index (χ1) is 14.3. The summed E-state index contributed by atoms with van der Waals surface area (Å²) in [5.74, 6) is -1.73. The maximum absolute atomic E-state index is 12.9. The van der Waals surface area contributed by atoms with E-state index in [9.17, 15) is 18.0 Å². The van der Waals surface area contributed by atoms with E-state index in [1.165, 1.54) is 16.4 Å². The van der Waals surface area contributed by atoms with Gasteiger partial charge >= 0.3 is 11.8 Å². The Balaban J connectivity index is 1.56. The zero-order valence-corrected chi connectivity index (χ0v) is 17.9. The van der Waals surface area contributed by atoms with Crippen LogP contribution in [0.25, 0.3) is 0 Å². The molecule has 1 saturated heterocycles. The first kappa shape index (κ1) is 22.2. The summed E-state index contributed by atoms with van der Waals surface area (Å²) in [6.07, 6.45) is -0.892. The molecule has 2 N–H and O–H groups in total. The van der Waals surface area contributed by atoms with Crippen molar-refractivity contribution >= 4 is 33.4 Å². The third-order valence-electron chi connectivity index (χ3n) is 4.61. The minimum Gasteiger partial charge on any atom is -0.359 e. The lowest BCUT2D eigenvalue weighted by Gasteiger charge is -2.22. The number of carbonyl (C=O) groups excluding carboxylic acids is 2. The molecule has 0 bridgehead atoms. The predicted octanol–water partition coefficient (Wildman–Crippen LogP) is 1.43. The van der Waals surface area contributed by atoms with Crippen LogP contribution in [0.1, 0.15) is 11.1 Å². The largest absolute Gasteiger partial charge is 0.359 e. The van der Waals surface area contributed by atoms with Crippen LogP contribution in [0.2, 0.25) is 5.02 Å². The number of ether oxygens (including phenoxy) is 1. The van der Waals surface area contributed by atoms with Gasteiger partial charge in [0.15, 0.2) is 0 Å². The van der Waals surface area contributed by atoms with Gasteiger partial charge in [-0.15, -0.1) is 0 Å². The Morgan fingerprint density at radius 1 is 1.10 bits per heavy atom. The van der Waals surface area contributed by atoms with Gasteiger partial charge in [0.05, 0.1) is 18.0 Å². The Morgan fingerprint density at radius 2 is 1.77 bits per heavy atom. The predicted molar refractivity (Wildman–Crippen MR) is 111 cm³/mol. The van der Waals surface area contributed by atoms with E-state index in [1.807, 2.05) is 6.92 Å². The molecule has 2 aromatic rings. The highest BCUT2D eigenvalue weighted by molar-refractivity contribution is 7.89. The van der Waals surface area contributed by atoms with E-state index in [1.54, 1.807) is 36.4 Å². The molecule has 3 rings (SSSR count). The first-order valence-electron chi connectivity index (χ1n) is 9.28. The van der Waals surface area contributed by atoms with Crippen molar-refractivity contribution < 1.29 is 22.7 Å². The minimum atomic E-state index is -3.78. The van der Waals surface area contributed by atoms with Crippen molar-refractivity contribution in [2.75, 3.05) is 19.7 Å². The lowest BCUT2D eigenvalue weighted by molar-refractivity contribution is -0.139. The Labute approximate surface area is 180 Å². The van der Waals surface area contributed by atoms with Gasteiger partial charge in [-0.05, 0) is 30.7 Å². The van der Waals surface area contributed by atoms with Crippen LogP contribution in [0, 0.1) is 6.92 Å². The maximum Gasteiger partial charge on any atom is 0.309 e. The van der Waals surface area contributed by atoms with Gasteiger partial charge in [-0.3, -0.25) is 9.59 Å². The number of sulfonamides is 1. The lowest BCUT2D eigenvalue weighted by atomic mass is 10.2. The van der Waals surface area contributed by atoms with Crippen LogP contribution in [0.4, 0.5) is 0 Å². The summed E-state index contributed by atoms with van der Waals surface area (Å²) in [6, 6.07) is 13.4. The SMILES string of the molecule is Cc1ccc(S(=O)(=O)N2CCOC2CNC(=O)C(=O)NCc2ccccc2Cl)cc1. The van der Waals surface area contributed by atoms with Crippen LogP contribution in [-0.4, -0.2) is 50.5 Å². The van der Waals surface area contributed by atoms with Gasteiger partial charge in [-0.2, -0.15) is 4.31 Å². The normalized spacial score (nSPS) is 16.9. The summed E-state index contributed by atoms with van der Waals surface area (Å²) in [6.45, 7) is 2.17. The number of carbonyl (C=O) groups is 2. The van der Waals surface area contributed by atoms with Crippen molar-refractivity contribution in [3.8, 4) is 0 Å². The summed E-state index contributed by atoms with van der Waals surface area (Å²) >= 11 is 6.02. The number of amides is 2. The van der Waals surface area contributed by atoms with Crippen LogP contribution in [-0.2, 0) is 30.9 Å². The molecular formula is C20H22ClN3O5S. The van der Waals surface area contributed by atoms with Crippen LogP contribution in [0.5, 0.6) is 0 Å². The number of benzene rings is 2. The highest BCUT2D eigenvalue weighted by Crippen LogP contribution is 2.22. The number of halogens is 1. The number of hydrogen-bond donors (Lipinski definition) is 2. The van der Waals surface area contributed by atoms with Gasteiger partial charge in [0.25, 0.3) is 0 Å². The molecule has 2 amide bonds. The van der Waals surface area contributed by atoms with Crippen molar-refractivity contribution in [3.05, 3.63) is 64.7 Å². The van der Waals surface area contributed by atoms with Crippen LogP contribution < -0.4 is 10.6 Å². The molecule has 1 aliphatic rings. The molecule has 1 atom stereocenters. The van der Waals surface area contributed by atoms with Gasteiger partial charge < -0.3 is 15.4 Å². The highest BCUT2D eigenvalue weighted by atomic mass is 35.5. The fourth-order valence-electron chi connectivity index (χ4n) is 2.95. The number of nitrogens with one attached hydrogen (secondary N) is 2. The van der Waals surface area contributed by atoms with Gasteiger partial charge in [-0.1, -0.05) is 47.5 Å². The van der Waals surface area contributed by atoms with Crippen molar-refractivity contribution in [1.82, 2.24) is 14.9 Å². The van der Waals surface area contributed by atoms with Crippen molar-refractivity contribution in [2.24, 2.45) is 0 Å². The van der Waals surface area contributed by atoms with Crippen molar-refractivity contribution in [3.63, 3.8) is 0 Å². The summed E-state index contributed by atoms with van der Waals surface area (Å²) in [7, 11) is -3.78.